The van der Waals surface area contributed by atoms with E-state index in [0.717, 1.165) is 5.56 Å². The minimum absolute atomic E-state index is 0.0239. The number of aliphatic hydroxyl groups excluding tert-OH is 1. The predicted octanol–water partition coefficient (Wildman–Crippen LogP) is 2.54. The number of nitrogens with zero attached hydrogens (tertiary/aromatic N) is 1. The lowest BCUT2D eigenvalue weighted by Crippen LogP contribution is -2.28. The van der Waals surface area contributed by atoms with E-state index in [-0.39, 0.29) is 35.7 Å². The molecular weight excluding hydrogens is 338 g/mol. The summed E-state index contributed by atoms with van der Waals surface area (Å²) in [5.74, 6) is -0.230. The number of methoxy groups -OCH3 is 1. The summed E-state index contributed by atoms with van der Waals surface area (Å²) >= 11 is 0. The van der Waals surface area contributed by atoms with Crippen molar-refractivity contribution in [3.8, 4) is 11.5 Å². The van der Waals surface area contributed by atoms with Gasteiger partial charge in [0.05, 0.1) is 18.2 Å². The first-order valence-corrected chi connectivity index (χ1v) is 8.23. The molecule has 1 atom stereocenters. The largest absolute Gasteiger partial charge is 0.492 e. The first-order valence-electron chi connectivity index (χ1n) is 8.23. The van der Waals surface area contributed by atoms with E-state index < -0.39 is 12.3 Å². The molecule has 1 N–H and O–H groups in total. The molecule has 2 heterocycles. The molecule has 7 nitrogen and oxygen atoms in total. The fourth-order valence-electron chi connectivity index (χ4n) is 2.59. The van der Waals surface area contributed by atoms with Crippen LogP contribution in [0.25, 0.3) is 0 Å². The number of hydrogen-bond acceptors (Lipinski definition) is 7. The number of aliphatic hydroxyl groups is 1. The molecule has 0 aliphatic carbocycles. The highest BCUT2D eigenvalue weighted by atomic mass is 16.6. The van der Waals surface area contributed by atoms with Crippen molar-refractivity contribution in [2.24, 2.45) is 0 Å². The van der Waals surface area contributed by atoms with Gasteiger partial charge in [-0.3, -0.25) is 9.78 Å². The monoisotopic (exact) mass is 359 g/mol. The van der Waals surface area contributed by atoms with Crippen LogP contribution < -0.4 is 9.47 Å². The zero-order chi connectivity index (χ0) is 19.1. The average molecular weight is 359 g/mol. The Labute approximate surface area is 151 Å². The Morgan fingerprint density at radius 1 is 1.35 bits per heavy atom. The summed E-state index contributed by atoms with van der Waals surface area (Å²) in [7, 11) is 1.41. The number of rotatable bonds is 5. The summed E-state index contributed by atoms with van der Waals surface area (Å²) in [5, 5.41) is 9.59. The Morgan fingerprint density at radius 3 is 2.65 bits per heavy atom. The van der Waals surface area contributed by atoms with Gasteiger partial charge in [-0.1, -0.05) is 13.8 Å². The zero-order valence-corrected chi connectivity index (χ0v) is 14.9. The van der Waals surface area contributed by atoms with Crippen molar-refractivity contribution in [2.75, 3.05) is 7.11 Å². The number of carbonyl (C=O) groups excluding carboxylic acids is 2. The van der Waals surface area contributed by atoms with E-state index in [0.29, 0.717) is 11.8 Å². The van der Waals surface area contributed by atoms with Gasteiger partial charge in [0.15, 0.2) is 17.8 Å². The van der Waals surface area contributed by atoms with E-state index >= 15 is 0 Å². The maximum atomic E-state index is 12.0. The van der Waals surface area contributed by atoms with Crippen LogP contribution in [0.3, 0.4) is 0 Å². The number of fused-ring (bicyclic) bond motifs is 1. The highest BCUT2D eigenvalue weighted by Gasteiger charge is 2.31. The van der Waals surface area contributed by atoms with Crippen LogP contribution in [0.15, 0.2) is 30.6 Å². The number of benzene rings is 1. The van der Waals surface area contributed by atoms with Gasteiger partial charge in [0.1, 0.15) is 6.61 Å². The van der Waals surface area contributed by atoms with Crippen LogP contribution in [0.2, 0.25) is 0 Å². The van der Waals surface area contributed by atoms with Crippen LogP contribution in [-0.2, 0) is 17.8 Å². The van der Waals surface area contributed by atoms with E-state index in [4.69, 9.17) is 14.2 Å². The van der Waals surface area contributed by atoms with Gasteiger partial charge in [0.2, 0.25) is 6.29 Å². The van der Waals surface area contributed by atoms with Crippen LogP contribution in [0.1, 0.15) is 45.7 Å². The van der Waals surface area contributed by atoms with Gasteiger partial charge in [-0.25, -0.2) is 4.79 Å². The molecule has 0 bridgehead atoms. The molecule has 0 amide bonds. The number of aldehydes is 1. The lowest BCUT2D eigenvalue weighted by atomic mass is 9.95. The second-order valence-corrected chi connectivity index (χ2v) is 5.17. The maximum absolute atomic E-state index is 12.0. The molecule has 0 spiro atoms. The Bertz CT molecular complexity index is 775. The summed E-state index contributed by atoms with van der Waals surface area (Å²) in [6.45, 7) is 4.22. The number of hydrogen-bond donors (Lipinski definition) is 1. The van der Waals surface area contributed by atoms with Crippen LogP contribution in [0.4, 0.5) is 0 Å². The Balaban J connectivity index is 0.00000117. The number of cyclic esters (lactones) is 1. The fourth-order valence-corrected chi connectivity index (χ4v) is 2.59. The first-order chi connectivity index (χ1) is 12.6. The van der Waals surface area contributed by atoms with E-state index in [2.05, 4.69) is 4.98 Å². The van der Waals surface area contributed by atoms with Crippen molar-refractivity contribution in [3.63, 3.8) is 0 Å². The zero-order valence-electron chi connectivity index (χ0n) is 14.9. The van der Waals surface area contributed by atoms with Crippen LogP contribution in [-0.4, -0.2) is 35.7 Å². The average Bonchev–Trinajstić information content (AvgIpc) is 2.67. The third kappa shape index (κ3) is 4.00. The number of aromatic nitrogens is 1. The minimum Gasteiger partial charge on any atom is -0.492 e. The minimum atomic E-state index is -1.28. The predicted molar refractivity (Wildman–Crippen MR) is 93.4 cm³/mol. The lowest BCUT2D eigenvalue weighted by Gasteiger charge is -2.24. The summed E-state index contributed by atoms with van der Waals surface area (Å²) in [4.78, 5) is 27.4. The Hall–Kier alpha value is -2.93. The van der Waals surface area contributed by atoms with Crippen molar-refractivity contribution in [2.45, 2.75) is 33.2 Å². The first kappa shape index (κ1) is 19.4. The van der Waals surface area contributed by atoms with Gasteiger partial charge < -0.3 is 19.3 Å². The topological polar surface area (TPSA) is 95.0 Å². The van der Waals surface area contributed by atoms with Gasteiger partial charge in [-0.2, -0.15) is 0 Å². The van der Waals surface area contributed by atoms with Gasteiger partial charge in [-0.15, -0.1) is 0 Å². The molecule has 0 saturated carbocycles. The second kappa shape index (κ2) is 8.96. The molecule has 0 saturated heterocycles. The van der Waals surface area contributed by atoms with E-state index in [1.54, 1.807) is 24.5 Å². The van der Waals surface area contributed by atoms with Crippen LogP contribution >= 0.6 is 0 Å². The van der Waals surface area contributed by atoms with Gasteiger partial charge in [0.25, 0.3) is 0 Å². The Morgan fingerprint density at radius 2 is 2.04 bits per heavy atom. The van der Waals surface area contributed by atoms with E-state index in [1.165, 1.54) is 13.2 Å². The molecule has 3 rings (SSSR count). The molecule has 0 fully saturated rings. The van der Waals surface area contributed by atoms with E-state index in [1.807, 2.05) is 13.8 Å². The fraction of sp³-hybridized carbons (Fsp3) is 0.316. The van der Waals surface area contributed by atoms with Crippen molar-refractivity contribution in [1.82, 2.24) is 4.98 Å². The highest BCUT2D eigenvalue weighted by Crippen LogP contribution is 2.38. The number of esters is 1. The number of ether oxygens (including phenoxy) is 3. The molecule has 1 aromatic heterocycles. The van der Waals surface area contributed by atoms with Crippen molar-refractivity contribution in [1.29, 1.82) is 0 Å². The summed E-state index contributed by atoms with van der Waals surface area (Å²) in [6, 6.07) is 5.04. The maximum Gasteiger partial charge on any atom is 0.340 e. The molecule has 26 heavy (non-hydrogen) atoms. The van der Waals surface area contributed by atoms with Crippen LogP contribution in [0, 0.1) is 0 Å². The summed E-state index contributed by atoms with van der Waals surface area (Å²) < 4.78 is 15.8. The lowest BCUT2D eigenvalue weighted by molar-refractivity contribution is -0.0688. The SMILES string of the molecule is CC.COc1c(OCc2ccncc2)cc2c(c1C=O)CC(O)OC2=O. The quantitative estimate of drug-likeness (QED) is 0.647. The highest BCUT2D eigenvalue weighted by molar-refractivity contribution is 5.97. The Kier molecular flexibility index (Phi) is 6.68. The van der Waals surface area contributed by atoms with E-state index in [9.17, 15) is 14.7 Å². The molecule has 2 aromatic rings. The van der Waals surface area contributed by atoms with Crippen molar-refractivity contribution < 1.29 is 28.9 Å². The van der Waals surface area contributed by atoms with Crippen LogP contribution in [0.5, 0.6) is 11.5 Å². The second-order valence-electron chi connectivity index (χ2n) is 5.17. The number of pyridine rings is 1. The standard InChI is InChI=1S/C17H15NO6.C2H6/c1-22-16-13(8-19)11-7-15(20)24-17(21)12(11)6-14(16)23-9-10-2-4-18-5-3-10;1-2/h2-6,8,15,20H,7,9H2,1H3;1-2H3. The summed E-state index contributed by atoms with van der Waals surface area (Å²) in [6.07, 6.45) is 2.60. The molecule has 7 heteroatoms. The molecule has 0 radical (unpaired) electrons. The number of carbonyl (C=O) groups is 2. The third-order valence-electron chi connectivity index (χ3n) is 3.70. The smallest absolute Gasteiger partial charge is 0.340 e. The normalized spacial score (nSPS) is 15.1. The van der Waals surface area contributed by atoms with Crippen molar-refractivity contribution in [3.05, 3.63) is 52.8 Å². The molecule has 1 aliphatic heterocycles. The van der Waals surface area contributed by atoms with Gasteiger partial charge in [0, 0.05) is 18.8 Å². The molecule has 1 aromatic carbocycles. The molecule has 138 valence electrons. The summed E-state index contributed by atoms with van der Waals surface area (Å²) in [5.41, 5.74) is 1.63. The van der Waals surface area contributed by atoms with Gasteiger partial charge in [-0.05, 0) is 29.3 Å². The third-order valence-corrected chi connectivity index (χ3v) is 3.70. The molecule has 1 unspecified atom stereocenters. The molecule has 1 aliphatic rings. The molecular formula is C19H21NO6. The van der Waals surface area contributed by atoms with Crippen molar-refractivity contribution >= 4 is 12.3 Å². The van der Waals surface area contributed by atoms with Gasteiger partial charge >= 0.3 is 5.97 Å².